The number of amides is 1. The number of aryl methyl sites for hydroxylation is 2. The minimum Gasteiger partial charge on any atom is -0.494 e. The first-order valence-corrected chi connectivity index (χ1v) is 11.9. The van der Waals surface area contributed by atoms with Crippen molar-refractivity contribution in [3.05, 3.63) is 99.6 Å². The number of carbonyl (C=O) groups excluding carboxylic acids is 2. The van der Waals surface area contributed by atoms with Crippen molar-refractivity contribution in [1.82, 2.24) is 0 Å². The average Bonchev–Trinajstić information content (AvgIpc) is 2.84. The van der Waals surface area contributed by atoms with Gasteiger partial charge in [-0.15, -0.1) is 0 Å². The molecule has 184 valence electrons. The lowest BCUT2D eigenvalue weighted by molar-refractivity contribution is -0.112. The second kappa shape index (κ2) is 12.4. The molecule has 6 heteroatoms. The van der Waals surface area contributed by atoms with Gasteiger partial charge in [-0.25, -0.2) is 4.79 Å². The zero-order chi connectivity index (χ0) is 26.1. The lowest BCUT2D eigenvalue weighted by Gasteiger charge is -2.13. The predicted molar refractivity (Wildman–Crippen MR) is 141 cm³/mol. The highest BCUT2D eigenvalue weighted by atomic mass is 16.5. The summed E-state index contributed by atoms with van der Waals surface area (Å²) in [5, 5.41) is 12.3. The Morgan fingerprint density at radius 2 is 1.64 bits per heavy atom. The van der Waals surface area contributed by atoms with Gasteiger partial charge in [-0.3, -0.25) is 4.79 Å². The van der Waals surface area contributed by atoms with Crippen molar-refractivity contribution >= 4 is 23.6 Å². The molecule has 0 aliphatic rings. The highest BCUT2D eigenvalue weighted by molar-refractivity contribution is 6.09. The van der Waals surface area contributed by atoms with E-state index >= 15 is 0 Å². The molecule has 0 bridgehead atoms. The molecule has 3 aromatic carbocycles. The topological polar surface area (TPSA) is 88.4 Å². The van der Waals surface area contributed by atoms with E-state index < -0.39 is 11.9 Å². The second-order valence-corrected chi connectivity index (χ2v) is 8.39. The number of anilines is 1. The van der Waals surface area contributed by atoms with Crippen LogP contribution in [-0.4, -0.2) is 25.1 Å². The molecule has 0 aliphatic heterocycles. The maximum Gasteiger partial charge on any atom is 0.338 e. The van der Waals surface area contributed by atoms with Gasteiger partial charge in [0.2, 0.25) is 0 Å². The highest BCUT2D eigenvalue weighted by Gasteiger charge is 2.13. The van der Waals surface area contributed by atoms with Gasteiger partial charge in [0.25, 0.3) is 5.91 Å². The standard InChI is InChI=1S/C30H30N2O4/c1-5-35-28-18-22(7-8-25(28)17-23-14-20(3)13-21(4)15-23)16-26(19-31)29(33)32-27-11-9-24(10-12-27)30(34)36-6-2/h7-16,18H,5-6,17H2,1-4H3,(H,32,33)/b26-16+. The molecular formula is C30H30N2O4. The first-order valence-electron chi connectivity index (χ1n) is 11.9. The van der Waals surface area contributed by atoms with Crippen molar-refractivity contribution in [2.75, 3.05) is 18.5 Å². The van der Waals surface area contributed by atoms with Crippen LogP contribution in [0.5, 0.6) is 5.75 Å². The largest absolute Gasteiger partial charge is 0.494 e. The number of ether oxygens (including phenoxy) is 2. The number of nitrogens with one attached hydrogen (secondary N) is 1. The number of nitriles is 1. The summed E-state index contributed by atoms with van der Waals surface area (Å²) in [6.45, 7) is 8.60. The Morgan fingerprint density at radius 1 is 0.944 bits per heavy atom. The van der Waals surface area contributed by atoms with Gasteiger partial charge in [-0.1, -0.05) is 41.5 Å². The molecule has 3 rings (SSSR count). The van der Waals surface area contributed by atoms with Crippen LogP contribution in [0.3, 0.4) is 0 Å². The molecule has 0 heterocycles. The summed E-state index contributed by atoms with van der Waals surface area (Å²) < 4.78 is 10.8. The van der Waals surface area contributed by atoms with E-state index in [-0.39, 0.29) is 12.2 Å². The molecule has 0 fully saturated rings. The summed E-state index contributed by atoms with van der Waals surface area (Å²) in [5.41, 5.74) is 6.14. The highest BCUT2D eigenvalue weighted by Crippen LogP contribution is 2.26. The van der Waals surface area contributed by atoms with Crippen molar-refractivity contribution in [3.63, 3.8) is 0 Å². The molecule has 1 amide bonds. The molecule has 0 aromatic heterocycles. The van der Waals surface area contributed by atoms with E-state index in [0.29, 0.717) is 23.4 Å². The molecule has 0 radical (unpaired) electrons. The van der Waals surface area contributed by atoms with Crippen molar-refractivity contribution in [3.8, 4) is 11.8 Å². The first kappa shape index (κ1) is 26.2. The number of carbonyl (C=O) groups is 2. The molecule has 0 aliphatic carbocycles. The van der Waals surface area contributed by atoms with Gasteiger partial charge in [0.05, 0.1) is 18.8 Å². The lowest BCUT2D eigenvalue weighted by Crippen LogP contribution is -2.13. The quantitative estimate of drug-likeness (QED) is 0.229. The van der Waals surface area contributed by atoms with Gasteiger partial charge >= 0.3 is 5.97 Å². The van der Waals surface area contributed by atoms with E-state index in [1.807, 2.05) is 31.2 Å². The van der Waals surface area contributed by atoms with E-state index in [4.69, 9.17) is 9.47 Å². The van der Waals surface area contributed by atoms with Crippen LogP contribution in [0, 0.1) is 25.2 Å². The van der Waals surface area contributed by atoms with Gasteiger partial charge in [-0.2, -0.15) is 5.26 Å². The fourth-order valence-electron chi connectivity index (χ4n) is 3.91. The summed E-state index contributed by atoms with van der Waals surface area (Å²) >= 11 is 0. The molecule has 0 unspecified atom stereocenters. The maximum atomic E-state index is 12.7. The van der Waals surface area contributed by atoms with Crippen LogP contribution >= 0.6 is 0 Å². The summed E-state index contributed by atoms with van der Waals surface area (Å²) in [4.78, 5) is 24.5. The van der Waals surface area contributed by atoms with Crippen molar-refractivity contribution < 1.29 is 19.1 Å². The Kier molecular flexibility index (Phi) is 9.01. The van der Waals surface area contributed by atoms with E-state index in [9.17, 15) is 14.9 Å². The van der Waals surface area contributed by atoms with Gasteiger partial charge in [0.15, 0.2) is 0 Å². The smallest absolute Gasteiger partial charge is 0.338 e. The van der Waals surface area contributed by atoms with Gasteiger partial charge in [0.1, 0.15) is 17.4 Å². The Morgan fingerprint density at radius 3 is 2.25 bits per heavy atom. The minimum absolute atomic E-state index is 0.0472. The maximum absolute atomic E-state index is 12.7. The molecule has 3 aromatic rings. The third-order valence-corrected chi connectivity index (χ3v) is 5.40. The molecule has 0 saturated carbocycles. The SMILES string of the molecule is CCOC(=O)c1ccc(NC(=O)/C(C#N)=C/c2ccc(Cc3cc(C)cc(C)c3)c(OCC)c2)cc1. The molecule has 1 N–H and O–H groups in total. The van der Waals surface area contributed by atoms with Gasteiger partial charge < -0.3 is 14.8 Å². The molecule has 36 heavy (non-hydrogen) atoms. The molecule has 0 spiro atoms. The zero-order valence-corrected chi connectivity index (χ0v) is 21.1. The van der Waals surface area contributed by atoms with Crippen LogP contribution in [0.2, 0.25) is 0 Å². The fourth-order valence-corrected chi connectivity index (χ4v) is 3.91. The number of rotatable bonds is 9. The number of nitrogens with zero attached hydrogens (tertiary/aromatic N) is 1. The van der Waals surface area contributed by atoms with E-state index in [0.717, 1.165) is 17.7 Å². The van der Waals surface area contributed by atoms with E-state index in [1.165, 1.54) is 22.8 Å². The van der Waals surface area contributed by atoms with Crippen LogP contribution < -0.4 is 10.1 Å². The predicted octanol–water partition coefficient (Wildman–Crippen LogP) is 6.02. The number of esters is 1. The lowest BCUT2D eigenvalue weighted by atomic mass is 9.98. The Hall–Kier alpha value is -4.37. The third-order valence-electron chi connectivity index (χ3n) is 5.40. The van der Waals surface area contributed by atoms with E-state index in [2.05, 4.69) is 37.4 Å². The van der Waals surface area contributed by atoms with Crippen LogP contribution in [0.15, 0.2) is 66.2 Å². The van der Waals surface area contributed by atoms with Gasteiger partial charge in [0, 0.05) is 12.1 Å². The zero-order valence-electron chi connectivity index (χ0n) is 21.1. The molecule has 6 nitrogen and oxygen atoms in total. The normalized spacial score (nSPS) is 10.9. The second-order valence-electron chi connectivity index (χ2n) is 8.39. The van der Waals surface area contributed by atoms with Crippen molar-refractivity contribution in [2.45, 2.75) is 34.1 Å². The van der Waals surface area contributed by atoms with Crippen LogP contribution in [0.25, 0.3) is 6.08 Å². The number of benzene rings is 3. The van der Waals surface area contributed by atoms with Crippen molar-refractivity contribution in [1.29, 1.82) is 5.26 Å². The van der Waals surface area contributed by atoms with Crippen molar-refractivity contribution in [2.24, 2.45) is 0 Å². The Labute approximate surface area is 212 Å². The summed E-state index contributed by atoms with van der Waals surface area (Å²) in [6, 6.07) is 20.4. The number of hydrogen-bond acceptors (Lipinski definition) is 5. The summed E-state index contributed by atoms with van der Waals surface area (Å²) in [7, 11) is 0. The third kappa shape index (κ3) is 7.07. The van der Waals surface area contributed by atoms with E-state index in [1.54, 1.807) is 31.2 Å². The first-order chi connectivity index (χ1) is 17.3. The van der Waals surface area contributed by atoms with Crippen LogP contribution in [0.1, 0.15) is 52.0 Å². The Balaban J connectivity index is 1.79. The van der Waals surface area contributed by atoms with Gasteiger partial charge in [-0.05, 0) is 80.8 Å². The minimum atomic E-state index is -0.543. The molecule has 0 saturated heterocycles. The average molecular weight is 483 g/mol. The summed E-state index contributed by atoms with van der Waals surface area (Å²) in [6.07, 6.45) is 2.25. The molecule has 0 atom stereocenters. The van der Waals surface area contributed by atoms with Crippen LogP contribution in [-0.2, 0) is 16.0 Å². The van der Waals surface area contributed by atoms with Crippen LogP contribution in [0.4, 0.5) is 5.69 Å². The Bertz CT molecular complexity index is 1300. The molecular weight excluding hydrogens is 452 g/mol. The number of hydrogen-bond donors (Lipinski definition) is 1. The summed E-state index contributed by atoms with van der Waals surface area (Å²) in [5.74, 6) is -0.254. The fraction of sp³-hybridized carbons (Fsp3) is 0.233. The monoisotopic (exact) mass is 482 g/mol.